The first-order valence-corrected chi connectivity index (χ1v) is 7.35. The number of carbonyl (C=O) groups is 1. The van der Waals surface area contributed by atoms with Crippen molar-refractivity contribution in [1.29, 1.82) is 0 Å². The lowest BCUT2D eigenvalue weighted by Gasteiger charge is -2.19. The minimum Gasteiger partial charge on any atom is -0.378 e. The summed E-state index contributed by atoms with van der Waals surface area (Å²) < 4.78 is 0. The quantitative estimate of drug-likeness (QED) is 0.850. The SMILES string of the molecule is CN1CC(=O)c2sc(-c3ccc(N(C)C)cc3)nc2C1. The van der Waals surface area contributed by atoms with Crippen LogP contribution in [0, 0.1) is 0 Å². The van der Waals surface area contributed by atoms with E-state index in [1.165, 1.54) is 11.3 Å². The molecule has 0 amide bonds. The third-order valence-corrected chi connectivity index (χ3v) is 4.60. The Morgan fingerprint density at radius 1 is 1.20 bits per heavy atom. The molecule has 0 bridgehead atoms. The highest BCUT2D eigenvalue weighted by molar-refractivity contribution is 7.17. The summed E-state index contributed by atoms with van der Waals surface area (Å²) in [6.45, 7) is 1.25. The lowest BCUT2D eigenvalue weighted by Crippen LogP contribution is -2.31. The van der Waals surface area contributed by atoms with Crippen molar-refractivity contribution in [1.82, 2.24) is 9.88 Å². The van der Waals surface area contributed by atoms with Crippen molar-refractivity contribution in [2.24, 2.45) is 0 Å². The third kappa shape index (κ3) is 2.34. The van der Waals surface area contributed by atoms with Gasteiger partial charge in [-0.3, -0.25) is 9.69 Å². The smallest absolute Gasteiger partial charge is 0.188 e. The van der Waals surface area contributed by atoms with E-state index in [0.717, 1.165) is 33.4 Å². The van der Waals surface area contributed by atoms with Crippen LogP contribution in [0.3, 0.4) is 0 Å². The molecule has 1 aliphatic heterocycles. The van der Waals surface area contributed by atoms with Crippen LogP contribution < -0.4 is 4.90 Å². The minimum absolute atomic E-state index is 0.183. The lowest BCUT2D eigenvalue weighted by molar-refractivity contribution is 0.0926. The molecular weight excluding hydrogens is 270 g/mol. The number of anilines is 1. The van der Waals surface area contributed by atoms with E-state index in [1.807, 2.05) is 26.0 Å². The molecule has 2 aromatic rings. The van der Waals surface area contributed by atoms with E-state index >= 15 is 0 Å². The number of ketones is 1. The Kier molecular flexibility index (Phi) is 3.31. The molecule has 0 unspecified atom stereocenters. The number of rotatable bonds is 2. The monoisotopic (exact) mass is 287 g/mol. The first-order chi connectivity index (χ1) is 9.54. The van der Waals surface area contributed by atoms with Gasteiger partial charge in [-0.1, -0.05) is 0 Å². The Balaban J connectivity index is 1.95. The van der Waals surface area contributed by atoms with E-state index in [1.54, 1.807) is 0 Å². The van der Waals surface area contributed by atoms with Gasteiger partial charge in [-0.2, -0.15) is 0 Å². The van der Waals surface area contributed by atoms with E-state index in [0.29, 0.717) is 6.54 Å². The summed E-state index contributed by atoms with van der Waals surface area (Å²) in [5, 5.41) is 0.934. The Morgan fingerprint density at radius 3 is 2.55 bits per heavy atom. The molecule has 3 rings (SSSR count). The molecule has 0 saturated carbocycles. The Labute approximate surface area is 122 Å². The predicted molar refractivity (Wildman–Crippen MR) is 82.5 cm³/mol. The van der Waals surface area contributed by atoms with Crippen LogP contribution in [0.2, 0.25) is 0 Å². The Bertz CT molecular complexity index is 646. The van der Waals surface area contributed by atoms with Gasteiger partial charge in [0.05, 0.1) is 17.1 Å². The maximum Gasteiger partial charge on any atom is 0.188 e. The lowest BCUT2D eigenvalue weighted by atomic mass is 10.2. The van der Waals surface area contributed by atoms with Gasteiger partial charge in [0.1, 0.15) is 5.01 Å². The second-order valence-corrected chi connectivity index (χ2v) is 6.33. The molecule has 0 fully saturated rings. The molecule has 1 aromatic carbocycles. The van der Waals surface area contributed by atoms with Crippen LogP contribution in [-0.4, -0.2) is 43.4 Å². The first kappa shape index (κ1) is 13.3. The summed E-state index contributed by atoms with van der Waals surface area (Å²) >= 11 is 1.51. The van der Waals surface area contributed by atoms with Gasteiger partial charge in [-0.25, -0.2) is 4.98 Å². The van der Waals surface area contributed by atoms with Crippen molar-refractivity contribution in [2.45, 2.75) is 6.54 Å². The van der Waals surface area contributed by atoms with Gasteiger partial charge < -0.3 is 4.90 Å². The van der Waals surface area contributed by atoms with E-state index in [4.69, 9.17) is 0 Å². The van der Waals surface area contributed by atoms with Crippen molar-refractivity contribution in [3.63, 3.8) is 0 Å². The van der Waals surface area contributed by atoms with Gasteiger partial charge >= 0.3 is 0 Å². The maximum atomic E-state index is 12.0. The number of fused-ring (bicyclic) bond motifs is 1. The molecule has 2 heterocycles. The molecule has 20 heavy (non-hydrogen) atoms. The number of benzene rings is 1. The van der Waals surface area contributed by atoms with Gasteiger partial charge in [0.2, 0.25) is 0 Å². The van der Waals surface area contributed by atoms with Crippen LogP contribution in [0.4, 0.5) is 5.69 Å². The van der Waals surface area contributed by atoms with Crippen LogP contribution >= 0.6 is 11.3 Å². The summed E-state index contributed by atoms with van der Waals surface area (Å²) in [7, 11) is 5.99. The molecule has 5 heteroatoms. The number of Topliss-reactive ketones (excluding diaryl/α,β-unsaturated/α-hetero) is 1. The molecule has 0 atom stereocenters. The third-order valence-electron chi connectivity index (χ3n) is 3.41. The van der Waals surface area contributed by atoms with Crippen molar-refractivity contribution in [3.8, 4) is 10.6 Å². The topological polar surface area (TPSA) is 36.4 Å². The van der Waals surface area contributed by atoms with Crippen molar-refractivity contribution < 1.29 is 4.79 Å². The number of likely N-dealkylation sites (N-methyl/N-ethyl adjacent to an activating group) is 1. The molecular formula is C15H17N3OS. The normalized spacial score (nSPS) is 15.2. The van der Waals surface area contributed by atoms with Crippen LogP contribution in [0.1, 0.15) is 15.4 Å². The van der Waals surface area contributed by atoms with E-state index in [-0.39, 0.29) is 5.78 Å². The van der Waals surface area contributed by atoms with Gasteiger partial charge in [0.15, 0.2) is 5.78 Å². The number of aromatic nitrogens is 1. The maximum absolute atomic E-state index is 12.0. The number of hydrogen-bond acceptors (Lipinski definition) is 5. The first-order valence-electron chi connectivity index (χ1n) is 6.54. The van der Waals surface area contributed by atoms with E-state index < -0.39 is 0 Å². The average Bonchev–Trinajstić information content (AvgIpc) is 2.83. The fourth-order valence-electron chi connectivity index (χ4n) is 2.33. The van der Waals surface area contributed by atoms with Gasteiger partial charge in [0.25, 0.3) is 0 Å². The minimum atomic E-state index is 0.183. The number of thiazole rings is 1. The largest absolute Gasteiger partial charge is 0.378 e. The summed E-state index contributed by atoms with van der Waals surface area (Å²) in [5.41, 5.74) is 3.15. The zero-order chi connectivity index (χ0) is 14.3. The fourth-order valence-corrected chi connectivity index (χ4v) is 3.34. The van der Waals surface area contributed by atoms with Crippen LogP contribution in [0.15, 0.2) is 24.3 Å². The molecule has 104 valence electrons. The molecule has 0 aliphatic carbocycles. The van der Waals surface area contributed by atoms with Crippen LogP contribution in [0.5, 0.6) is 0 Å². The summed E-state index contributed by atoms with van der Waals surface area (Å²) in [6.07, 6.45) is 0. The van der Waals surface area contributed by atoms with Crippen molar-refractivity contribution >= 4 is 22.8 Å². The van der Waals surface area contributed by atoms with Gasteiger partial charge in [-0.15, -0.1) is 11.3 Å². The van der Waals surface area contributed by atoms with Crippen LogP contribution in [-0.2, 0) is 6.54 Å². The zero-order valence-corrected chi connectivity index (χ0v) is 12.7. The number of carbonyl (C=O) groups excluding carboxylic acids is 1. The molecule has 4 nitrogen and oxygen atoms in total. The highest BCUT2D eigenvalue weighted by Gasteiger charge is 2.25. The molecule has 1 aliphatic rings. The predicted octanol–water partition coefficient (Wildman–Crippen LogP) is 2.50. The molecule has 0 spiro atoms. The van der Waals surface area contributed by atoms with E-state index in [2.05, 4.69) is 34.1 Å². The molecule has 1 aromatic heterocycles. The Hall–Kier alpha value is -1.72. The van der Waals surface area contributed by atoms with E-state index in [9.17, 15) is 4.79 Å². The second-order valence-electron chi connectivity index (χ2n) is 5.33. The standard InChI is InChI=1S/C15H17N3OS/c1-17(2)11-6-4-10(5-7-11)15-16-12-8-18(3)9-13(19)14(12)20-15/h4-7H,8-9H2,1-3H3. The summed E-state index contributed by atoms with van der Waals surface area (Å²) in [4.78, 5) is 21.5. The number of nitrogens with zero attached hydrogens (tertiary/aromatic N) is 3. The Morgan fingerprint density at radius 2 is 1.90 bits per heavy atom. The van der Waals surface area contributed by atoms with Crippen LogP contribution in [0.25, 0.3) is 10.6 Å². The summed E-state index contributed by atoms with van der Waals surface area (Å²) in [6, 6.07) is 8.27. The molecule has 0 saturated heterocycles. The highest BCUT2D eigenvalue weighted by Crippen LogP contribution is 2.31. The van der Waals surface area contributed by atoms with Crippen molar-refractivity contribution in [3.05, 3.63) is 34.8 Å². The van der Waals surface area contributed by atoms with Crippen molar-refractivity contribution in [2.75, 3.05) is 32.6 Å². The summed E-state index contributed by atoms with van der Waals surface area (Å²) in [5.74, 6) is 0.183. The average molecular weight is 287 g/mol. The zero-order valence-electron chi connectivity index (χ0n) is 11.9. The molecule has 0 radical (unpaired) electrons. The van der Waals surface area contributed by atoms with Gasteiger partial charge in [0, 0.05) is 31.9 Å². The highest BCUT2D eigenvalue weighted by atomic mass is 32.1. The van der Waals surface area contributed by atoms with Gasteiger partial charge in [-0.05, 0) is 31.3 Å². The number of hydrogen-bond donors (Lipinski definition) is 0. The second kappa shape index (κ2) is 5.00. The molecule has 0 N–H and O–H groups in total. The fraction of sp³-hybridized carbons (Fsp3) is 0.333.